The van der Waals surface area contributed by atoms with E-state index in [0.717, 1.165) is 6.07 Å². The molecular formula is C27H24F5N3O4. The van der Waals surface area contributed by atoms with Crippen LogP contribution < -0.4 is 14.4 Å². The molecule has 1 amide bonds. The summed E-state index contributed by atoms with van der Waals surface area (Å²) < 4.78 is 80.3. The predicted molar refractivity (Wildman–Crippen MR) is 131 cm³/mol. The summed E-state index contributed by atoms with van der Waals surface area (Å²) in [6.45, 7) is 0.734. The van der Waals surface area contributed by atoms with E-state index in [-0.39, 0.29) is 6.54 Å². The molecule has 2 saturated heterocycles. The third kappa shape index (κ3) is 5.55. The Labute approximate surface area is 220 Å². The van der Waals surface area contributed by atoms with Crippen LogP contribution in [0.15, 0.2) is 60.7 Å². The number of benzene rings is 2. The van der Waals surface area contributed by atoms with E-state index in [1.54, 1.807) is 37.3 Å². The molecular weight excluding hydrogens is 525 g/mol. The first kappa shape index (κ1) is 26.5. The van der Waals surface area contributed by atoms with Crippen LogP contribution in [0, 0.1) is 0 Å². The van der Waals surface area contributed by atoms with Crippen molar-refractivity contribution < 1.29 is 41.0 Å². The van der Waals surface area contributed by atoms with Gasteiger partial charge >= 0.3 is 12.5 Å². The molecule has 3 heterocycles. The molecule has 2 aromatic carbocycles. The number of hydrogen-bond acceptors (Lipinski definition) is 6. The number of para-hydroxylation sites is 1. The number of amides is 1. The first-order valence-corrected chi connectivity index (χ1v) is 12.0. The van der Waals surface area contributed by atoms with Crippen molar-refractivity contribution in [2.45, 2.75) is 37.9 Å². The van der Waals surface area contributed by atoms with Gasteiger partial charge in [-0.15, -0.1) is 13.2 Å². The number of nitrogens with zero attached hydrogens (tertiary/aromatic N) is 3. The van der Waals surface area contributed by atoms with E-state index in [9.17, 15) is 26.7 Å². The number of hydrogen-bond donors (Lipinski definition) is 0. The van der Waals surface area contributed by atoms with Gasteiger partial charge in [-0.1, -0.05) is 30.3 Å². The van der Waals surface area contributed by atoms with Crippen LogP contribution in [-0.4, -0.2) is 54.5 Å². The van der Waals surface area contributed by atoms with Crippen molar-refractivity contribution in [1.29, 1.82) is 0 Å². The van der Waals surface area contributed by atoms with E-state index >= 15 is 0 Å². The molecule has 2 aliphatic rings. The van der Waals surface area contributed by atoms with Gasteiger partial charge in [-0.3, -0.25) is 4.90 Å². The molecule has 1 aromatic heterocycles. The number of rotatable bonds is 7. The topological polar surface area (TPSA) is 64.1 Å². The smallest absolute Gasteiger partial charge is 0.496 e. The molecule has 2 aliphatic heterocycles. The highest BCUT2D eigenvalue weighted by atomic mass is 19.4. The second kappa shape index (κ2) is 9.90. The van der Waals surface area contributed by atoms with Crippen LogP contribution in [0.3, 0.4) is 0 Å². The number of carbonyl (C=O) groups is 1. The minimum Gasteiger partial charge on any atom is -0.496 e. The minimum absolute atomic E-state index is 0.0410. The fourth-order valence-electron chi connectivity index (χ4n) is 4.78. The Balaban J connectivity index is 1.46. The first-order chi connectivity index (χ1) is 18.4. The number of anilines is 1. The Bertz CT molecular complexity index is 1380. The fraction of sp³-hybridized carbons (Fsp3) is 0.333. The SMILES string of the molecule is COc1ccccc1-c1ccc(N2CC(F)(F)C2)nc1CN1C(=O)OC(c2cccc(OC(F)(F)F)c2)[C@@H]1C. The lowest BCUT2D eigenvalue weighted by atomic mass is 10.0. The van der Waals surface area contributed by atoms with E-state index in [1.807, 2.05) is 12.1 Å². The molecule has 5 rings (SSSR count). The molecule has 0 bridgehead atoms. The first-order valence-electron chi connectivity index (χ1n) is 12.0. The van der Waals surface area contributed by atoms with Gasteiger partial charge in [-0.05, 0) is 42.8 Å². The van der Waals surface area contributed by atoms with Crippen LogP contribution in [-0.2, 0) is 11.3 Å². The highest BCUT2D eigenvalue weighted by Gasteiger charge is 2.45. The summed E-state index contributed by atoms with van der Waals surface area (Å²) in [7, 11) is 1.52. The van der Waals surface area contributed by atoms with Crippen molar-refractivity contribution in [1.82, 2.24) is 9.88 Å². The van der Waals surface area contributed by atoms with Gasteiger partial charge in [0, 0.05) is 11.1 Å². The Hall–Kier alpha value is -4.09. The molecule has 39 heavy (non-hydrogen) atoms. The predicted octanol–water partition coefficient (Wildman–Crippen LogP) is 6.19. The Morgan fingerprint density at radius 1 is 1.05 bits per heavy atom. The highest BCUT2D eigenvalue weighted by Crippen LogP contribution is 2.39. The van der Waals surface area contributed by atoms with E-state index in [1.165, 1.54) is 29.0 Å². The molecule has 7 nitrogen and oxygen atoms in total. The van der Waals surface area contributed by atoms with Crippen molar-refractivity contribution in [3.05, 3.63) is 71.9 Å². The summed E-state index contributed by atoms with van der Waals surface area (Å²) in [5.41, 5.74) is 2.07. The number of halogens is 5. The van der Waals surface area contributed by atoms with Crippen LogP contribution in [0.4, 0.5) is 32.6 Å². The molecule has 2 atom stereocenters. The Morgan fingerprint density at radius 3 is 2.49 bits per heavy atom. The van der Waals surface area contributed by atoms with Crippen LogP contribution in [0.25, 0.3) is 11.1 Å². The third-order valence-corrected chi connectivity index (χ3v) is 6.66. The normalized spacial score (nSPS) is 20.4. The Kier molecular flexibility index (Phi) is 6.73. The molecule has 3 aromatic rings. The number of carbonyl (C=O) groups excluding carboxylic acids is 1. The second-order valence-corrected chi connectivity index (χ2v) is 9.37. The lowest BCUT2D eigenvalue weighted by Crippen LogP contribution is -2.56. The fourth-order valence-corrected chi connectivity index (χ4v) is 4.78. The monoisotopic (exact) mass is 549 g/mol. The molecule has 1 unspecified atom stereocenters. The van der Waals surface area contributed by atoms with Gasteiger partial charge in [-0.2, -0.15) is 0 Å². The molecule has 0 spiro atoms. The van der Waals surface area contributed by atoms with Crippen molar-refractivity contribution in [2.75, 3.05) is 25.1 Å². The van der Waals surface area contributed by atoms with Crippen molar-refractivity contribution in [2.24, 2.45) is 0 Å². The molecule has 0 radical (unpaired) electrons. The summed E-state index contributed by atoms with van der Waals surface area (Å²) in [4.78, 5) is 20.4. The van der Waals surface area contributed by atoms with Gasteiger partial charge < -0.3 is 19.1 Å². The maximum Gasteiger partial charge on any atom is 0.573 e. The van der Waals surface area contributed by atoms with E-state index in [0.29, 0.717) is 34.0 Å². The Morgan fingerprint density at radius 2 is 1.79 bits per heavy atom. The van der Waals surface area contributed by atoms with Gasteiger partial charge in [-0.25, -0.2) is 18.6 Å². The standard InChI is InChI=1S/C27H24F5N3O4/c1-16-24(17-6-5-7-18(12-17)39-27(30,31)32)38-25(36)35(16)13-21-19(20-8-3-4-9-22(20)37-2)10-11-23(33-21)34-14-26(28,29)15-34/h3-12,16,24H,13-15H2,1-2H3/t16-,24?/m0/s1. The van der Waals surface area contributed by atoms with Crippen molar-refractivity contribution in [3.8, 4) is 22.6 Å². The number of methoxy groups -OCH3 is 1. The summed E-state index contributed by atoms with van der Waals surface area (Å²) in [5.74, 6) is -2.34. The van der Waals surface area contributed by atoms with E-state index < -0.39 is 49.4 Å². The molecule has 0 aliphatic carbocycles. The number of ether oxygens (including phenoxy) is 3. The summed E-state index contributed by atoms with van der Waals surface area (Å²) >= 11 is 0. The van der Waals surface area contributed by atoms with Crippen LogP contribution in [0.2, 0.25) is 0 Å². The zero-order chi connectivity index (χ0) is 27.9. The number of pyridine rings is 1. The van der Waals surface area contributed by atoms with Crippen molar-refractivity contribution >= 4 is 11.9 Å². The number of alkyl halides is 5. The molecule has 0 N–H and O–H groups in total. The van der Waals surface area contributed by atoms with E-state index in [4.69, 9.17) is 9.47 Å². The quantitative estimate of drug-likeness (QED) is 0.328. The zero-order valence-electron chi connectivity index (χ0n) is 20.9. The maximum absolute atomic E-state index is 13.5. The maximum atomic E-state index is 13.5. The highest BCUT2D eigenvalue weighted by molar-refractivity contribution is 5.75. The number of cyclic esters (lactones) is 1. The average Bonchev–Trinajstić information content (AvgIpc) is 3.15. The van der Waals surface area contributed by atoms with Crippen LogP contribution in [0.1, 0.15) is 24.3 Å². The van der Waals surface area contributed by atoms with Gasteiger partial charge in [0.05, 0.1) is 38.5 Å². The van der Waals surface area contributed by atoms with Gasteiger partial charge in [0.15, 0.2) is 0 Å². The van der Waals surface area contributed by atoms with Gasteiger partial charge in [0.2, 0.25) is 0 Å². The largest absolute Gasteiger partial charge is 0.573 e. The van der Waals surface area contributed by atoms with Gasteiger partial charge in [0.25, 0.3) is 5.92 Å². The lowest BCUT2D eigenvalue weighted by molar-refractivity contribution is -0.274. The lowest BCUT2D eigenvalue weighted by Gasteiger charge is -2.39. The van der Waals surface area contributed by atoms with Crippen molar-refractivity contribution in [3.63, 3.8) is 0 Å². The average molecular weight is 549 g/mol. The van der Waals surface area contributed by atoms with Crippen LogP contribution in [0.5, 0.6) is 11.5 Å². The molecule has 206 valence electrons. The van der Waals surface area contributed by atoms with Crippen LogP contribution >= 0.6 is 0 Å². The molecule has 0 saturated carbocycles. The molecule has 2 fully saturated rings. The summed E-state index contributed by atoms with van der Waals surface area (Å²) in [5, 5.41) is 0. The number of aromatic nitrogens is 1. The minimum atomic E-state index is -4.87. The second-order valence-electron chi connectivity index (χ2n) is 9.37. The zero-order valence-corrected chi connectivity index (χ0v) is 20.9. The van der Waals surface area contributed by atoms with Gasteiger partial charge in [0.1, 0.15) is 23.4 Å². The van der Waals surface area contributed by atoms with E-state index in [2.05, 4.69) is 9.72 Å². The molecule has 12 heteroatoms. The summed E-state index contributed by atoms with van der Waals surface area (Å²) in [6, 6.07) is 15.2. The third-order valence-electron chi connectivity index (χ3n) is 6.66. The summed E-state index contributed by atoms with van der Waals surface area (Å²) in [6.07, 6.45) is -6.43.